The van der Waals surface area contributed by atoms with Gasteiger partial charge in [-0.3, -0.25) is 4.79 Å². The largest absolute Gasteiger partial charge is 0.465 e. The summed E-state index contributed by atoms with van der Waals surface area (Å²) in [6, 6.07) is 0. The van der Waals surface area contributed by atoms with E-state index in [2.05, 4.69) is 4.74 Å². The minimum atomic E-state index is -3.37. The number of rotatable bonds is 8. The summed E-state index contributed by atoms with van der Waals surface area (Å²) in [5.74, 6) is -0.0851. The summed E-state index contributed by atoms with van der Waals surface area (Å²) >= 11 is 5.45. The zero-order valence-corrected chi connectivity index (χ0v) is 11.2. The third-order valence-corrected chi connectivity index (χ3v) is 4.07. The van der Waals surface area contributed by atoms with E-state index in [1.165, 1.54) is 7.05 Å². The molecule has 0 bridgehead atoms. The third-order valence-electron chi connectivity index (χ3n) is 1.92. The van der Waals surface area contributed by atoms with Gasteiger partial charge in [-0.1, -0.05) is 0 Å². The van der Waals surface area contributed by atoms with Crippen LogP contribution >= 0.6 is 11.6 Å². The molecule has 0 N–H and O–H groups in total. The van der Waals surface area contributed by atoms with E-state index in [0.717, 1.165) is 4.31 Å². The minimum absolute atomic E-state index is 0.00955. The Bertz CT molecular complexity index is 305. The van der Waals surface area contributed by atoms with E-state index in [-0.39, 0.29) is 18.9 Å². The number of nitrogens with zero attached hydrogens (tertiary/aromatic N) is 1. The van der Waals surface area contributed by atoms with Crippen molar-refractivity contribution in [3.63, 3.8) is 0 Å². The van der Waals surface area contributed by atoms with E-state index < -0.39 is 16.0 Å². The molecule has 0 heterocycles. The molecule has 0 saturated carbocycles. The van der Waals surface area contributed by atoms with Gasteiger partial charge in [0.05, 0.1) is 12.4 Å². The molecule has 0 aromatic rings. The molecule has 5 nitrogen and oxygen atoms in total. The number of unbranched alkanes of at least 4 members (excludes halogenated alkanes) is 1. The molecular weight excluding hydrogens is 254 g/mol. The maximum absolute atomic E-state index is 11.6. The van der Waals surface area contributed by atoms with Gasteiger partial charge in [0.15, 0.2) is 0 Å². The van der Waals surface area contributed by atoms with Crippen LogP contribution in [0.15, 0.2) is 0 Å². The van der Waals surface area contributed by atoms with Crippen LogP contribution in [-0.4, -0.2) is 50.5 Å². The van der Waals surface area contributed by atoms with Crippen LogP contribution in [0.25, 0.3) is 0 Å². The molecule has 0 spiro atoms. The van der Waals surface area contributed by atoms with Crippen molar-refractivity contribution >= 4 is 27.6 Å². The number of hydrogen-bond acceptors (Lipinski definition) is 4. The number of hydrogen-bond donors (Lipinski definition) is 0. The van der Waals surface area contributed by atoms with Crippen molar-refractivity contribution in [3.05, 3.63) is 0 Å². The van der Waals surface area contributed by atoms with Gasteiger partial charge in [0.2, 0.25) is 10.0 Å². The number of alkyl halides is 1. The van der Waals surface area contributed by atoms with Crippen molar-refractivity contribution in [1.82, 2.24) is 4.31 Å². The molecule has 0 aliphatic heterocycles. The number of carbonyl (C=O) groups is 1. The van der Waals surface area contributed by atoms with Crippen molar-refractivity contribution in [2.24, 2.45) is 0 Å². The van der Waals surface area contributed by atoms with Crippen LogP contribution in [0.2, 0.25) is 0 Å². The smallest absolute Gasteiger partial charge is 0.321 e. The van der Waals surface area contributed by atoms with Crippen molar-refractivity contribution in [2.45, 2.75) is 19.8 Å². The second-order valence-corrected chi connectivity index (χ2v) is 5.85. The molecule has 7 heteroatoms. The van der Waals surface area contributed by atoms with Gasteiger partial charge >= 0.3 is 5.97 Å². The van der Waals surface area contributed by atoms with Crippen molar-refractivity contribution in [2.75, 3.05) is 31.8 Å². The van der Waals surface area contributed by atoms with Gasteiger partial charge in [-0.15, -0.1) is 11.6 Å². The molecule has 96 valence electrons. The summed E-state index contributed by atoms with van der Waals surface area (Å²) in [6.07, 6.45) is 1.15. The van der Waals surface area contributed by atoms with Crippen LogP contribution in [0.1, 0.15) is 19.8 Å². The Labute approximate surface area is 102 Å². The summed E-state index contributed by atoms with van der Waals surface area (Å²) in [5.41, 5.74) is 0. The Morgan fingerprint density at radius 1 is 1.38 bits per heavy atom. The first kappa shape index (κ1) is 15.7. The lowest BCUT2D eigenvalue weighted by Crippen LogP contribution is -2.34. The highest BCUT2D eigenvalue weighted by atomic mass is 35.5. The van der Waals surface area contributed by atoms with Crippen LogP contribution in [0.5, 0.6) is 0 Å². The molecule has 0 aliphatic rings. The zero-order valence-electron chi connectivity index (χ0n) is 9.61. The second-order valence-electron chi connectivity index (χ2n) is 3.27. The lowest BCUT2D eigenvalue weighted by atomic mass is 10.4. The summed E-state index contributed by atoms with van der Waals surface area (Å²) in [4.78, 5) is 11.1. The SMILES string of the molecule is CCOC(=O)CN(C)S(=O)(=O)CCCCCl. The molecule has 0 rings (SSSR count). The van der Waals surface area contributed by atoms with E-state index in [9.17, 15) is 13.2 Å². The predicted molar refractivity (Wildman–Crippen MR) is 63.0 cm³/mol. The number of halogens is 1. The molecule has 0 amide bonds. The van der Waals surface area contributed by atoms with E-state index in [1.807, 2.05) is 0 Å². The Kier molecular flexibility index (Phi) is 7.70. The fraction of sp³-hybridized carbons (Fsp3) is 0.889. The van der Waals surface area contributed by atoms with Crippen molar-refractivity contribution < 1.29 is 17.9 Å². The normalized spacial score (nSPS) is 11.8. The number of ether oxygens (including phenoxy) is 1. The Balaban J connectivity index is 4.13. The Hall–Kier alpha value is -0.330. The Morgan fingerprint density at radius 3 is 2.50 bits per heavy atom. The quantitative estimate of drug-likeness (QED) is 0.373. The van der Waals surface area contributed by atoms with Gasteiger partial charge in [-0.25, -0.2) is 8.42 Å². The average Bonchev–Trinajstić information content (AvgIpc) is 2.18. The maximum Gasteiger partial charge on any atom is 0.321 e. The summed E-state index contributed by atoms with van der Waals surface area (Å²) in [7, 11) is -2.00. The van der Waals surface area contributed by atoms with E-state index in [1.54, 1.807) is 6.92 Å². The lowest BCUT2D eigenvalue weighted by Gasteiger charge is -2.15. The highest BCUT2D eigenvalue weighted by molar-refractivity contribution is 7.89. The lowest BCUT2D eigenvalue weighted by molar-refractivity contribution is -0.143. The molecular formula is C9H18ClNO4S. The van der Waals surface area contributed by atoms with E-state index in [0.29, 0.717) is 18.7 Å². The fourth-order valence-corrected chi connectivity index (χ4v) is 2.39. The molecule has 0 atom stereocenters. The Morgan fingerprint density at radius 2 is 2.00 bits per heavy atom. The van der Waals surface area contributed by atoms with Crippen LogP contribution < -0.4 is 0 Å². The summed E-state index contributed by atoms with van der Waals surface area (Å²) in [6.45, 7) is 1.68. The zero-order chi connectivity index (χ0) is 12.6. The number of sulfonamides is 1. The first-order valence-electron chi connectivity index (χ1n) is 5.09. The highest BCUT2D eigenvalue weighted by Crippen LogP contribution is 2.03. The van der Waals surface area contributed by atoms with E-state index in [4.69, 9.17) is 11.6 Å². The van der Waals surface area contributed by atoms with E-state index >= 15 is 0 Å². The first-order valence-corrected chi connectivity index (χ1v) is 7.24. The van der Waals surface area contributed by atoms with Gasteiger partial charge in [0.1, 0.15) is 6.54 Å². The van der Waals surface area contributed by atoms with Crippen LogP contribution in [0, 0.1) is 0 Å². The van der Waals surface area contributed by atoms with Crippen molar-refractivity contribution in [1.29, 1.82) is 0 Å². The second kappa shape index (κ2) is 7.86. The molecule has 16 heavy (non-hydrogen) atoms. The van der Waals surface area contributed by atoms with Gasteiger partial charge in [-0.2, -0.15) is 4.31 Å². The summed E-state index contributed by atoms with van der Waals surface area (Å²) in [5, 5.41) is 0. The molecule has 0 fully saturated rings. The number of likely N-dealkylation sites (N-methyl/N-ethyl adjacent to an activating group) is 1. The van der Waals surface area contributed by atoms with Gasteiger partial charge in [0.25, 0.3) is 0 Å². The maximum atomic E-state index is 11.6. The van der Waals surface area contributed by atoms with Crippen LogP contribution in [0.4, 0.5) is 0 Å². The number of esters is 1. The third kappa shape index (κ3) is 6.30. The fourth-order valence-electron chi connectivity index (χ4n) is 1.02. The van der Waals surface area contributed by atoms with Gasteiger partial charge < -0.3 is 4.74 Å². The van der Waals surface area contributed by atoms with Crippen molar-refractivity contribution in [3.8, 4) is 0 Å². The molecule has 0 unspecified atom stereocenters. The van der Waals surface area contributed by atoms with Crippen LogP contribution in [-0.2, 0) is 19.6 Å². The predicted octanol–water partition coefficient (Wildman–Crippen LogP) is 0.830. The summed E-state index contributed by atoms with van der Waals surface area (Å²) < 4.78 is 28.9. The highest BCUT2D eigenvalue weighted by Gasteiger charge is 2.20. The van der Waals surface area contributed by atoms with Gasteiger partial charge in [-0.05, 0) is 19.8 Å². The van der Waals surface area contributed by atoms with Gasteiger partial charge in [0, 0.05) is 12.9 Å². The molecule has 0 aromatic carbocycles. The molecule has 0 aromatic heterocycles. The van der Waals surface area contributed by atoms with Crippen LogP contribution in [0.3, 0.4) is 0 Å². The number of carbonyl (C=O) groups excluding carboxylic acids is 1. The first-order chi connectivity index (χ1) is 7.44. The molecule has 0 radical (unpaired) electrons. The standard InChI is InChI=1S/C9H18ClNO4S/c1-3-15-9(12)8-11(2)16(13,14)7-5-4-6-10/h3-8H2,1-2H3. The molecule has 0 aliphatic carbocycles. The topological polar surface area (TPSA) is 63.7 Å². The molecule has 0 saturated heterocycles. The minimum Gasteiger partial charge on any atom is -0.465 e. The monoisotopic (exact) mass is 271 g/mol. The average molecular weight is 272 g/mol.